The van der Waals surface area contributed by atoms with Gasteiger partial charge in [0.25, 0.3) is 5.56 Å². The Kier molecular flexibility index (Phi) is 4.18. The lowest BCUT2D eigenvalue weighted by molar-refractivity contribution is 0.243. The second-order valence-electron chi connectivity index (χ2n) is 4.17. The second-order valence-corrected chi connectivity index (χ2v) is 4.89. The molecule has 0 aliphatic heterocycles. The van der Waals surface area contributed by atoms with Gasteiger partial charge in [-0.1, -0.05) is 34.7 Å². The van der Waals surface area contributed by atoms with Crippen LogP contribution in [0.3, 0.4) is 0 Å². The lowest BCUT2D eigenvalue weighted by Crippen LogP contribution is -2.32. The Balaban J connectivity index is 2.40. The predicted octanol–water partition coefficient (Wildman–Crippen LogP) is 1.05. The van der Waals surface area contributed by atoms with Crippen LogP contribution in [0.5, 0.6) is 0 Å². The van der Waals surface area contributed by atoms with Gasteiger partial charge < -0.3 is 5.11 Å². The Labute approximate surface area is 117 Å². The molecule has 0 fully saturated rings. The van der Waals surface area contributed by atoms with E-state index in [1.807, 2.05) is 34.7 Å². The van der Waals surface area contributed by atoms with Crippen molar-refractivity contribution in [1.82, 2.24) is 9.55 Å². The molecule has 18 heavy (non-hydrogen) atoms. The molecule has 0 radical (unpaired) electrons. The van der Waals surface area contributed by atoms with E-state index in [1.165, 1.54) is 4.57 Å². The Morgan fingerprint density at radius 2 is 2.28 bits per heavy atom. The minimum absolute atomic E-state index is 0.0750. The van der Waals surface area contributed by atoms with Crippen LogP contribution in [0.2, 0.25) is 0 Å². The fraction of sp³-hybridized carbons (Fsp3) is 0.333. The third-order valence-corrected chi connectivity index (χ3v) is 3.34. The molecule has 1 aromatic heterocycles. The molecule has 5 nitrogen and oxygen atoms in total. The van der Waals surface area contributed by atoms with Gasteiger partial charge in [-0.15, -0.1) is 0 Å². The van der Waals surface area contributed by atoms with E-state index in [0.29, 0.717) is 12.0 Å². The van der Waals surface area contributed by atoms with Gasteiger partial charge in [0.15, 0.2) is 0 Å². The van der Waals surface area contributed by atoms with E-state index in [2.05, 4.69) is 4.98 Å². The molecule has 0 bridgehead atoms. The van der Waals surface area contributed by atoms with Gasteiger partial charge >= 0.3 is 5.69 Å². The summed E-state index contributed by atoms with van der Waals surface area (Å²) in [6.07, 6.45) is 7.67. The Hall–Kier alpha value is -1.15. The number of hydrogen-bond acceptors (Lipinski definition) is 3. The molecule has 6 heteroatoms. The van der Waals surface area contributed by atoms with Gasteiger partial charge in [0.2, 0.25) is 0 Å². The van der Waals surface area contributed by atoms with Crippen molar-refractivity contribution in [1.29, 1.82) is 0 Å². The molecule has 2 N–H and O–H groups in total. The highest BCUT2D eigenvalue weighted by atomic mass is 125. The largest absolute Gasteiger partial charge is 0.396 e. The Morgan fingerprint density at radius 3 is 2.89 bits per heavy atom. The molecule has 1 aliphatic carbocycles. The smallest absolute Gasteiger partial charge is 0.328 e. The number of aliphatic hydroxyl groups excluding tert-OH is 1. The van der Waals surface area contributed by atoms with Gasteiger partial charge in [-0.2, -0.15) is 0 Å². The van der Waals surface area contributed by atoms with Gasteiger partial charge in [-0.3, -0.25) is 14.3 Å². The number of H-pyrrole nitrogens is 1. The highest BCUT2D eigenvalue weighted by Gasteiger charge is 2.20. The average Bonchev–Trinajstić information content (AvgIpc) is 2.81. The van der Waals surface area contributed by atoms with Crippen molar-refractivity contribution in [2.45, 2.75) is 12.5 Å². The Morgan fingerprint density at radius 1 is 1.50 bits per heavy atom. The number of aromatic amines is 1. The van der Waals surface area contributed by atoms with Crippen LogP contribution in [-0.4, -0.2) is 21.3 Å². The van der Waals surface area contributed by atoms with Gasteiger partial charge in [0, 0.05) is 18.7 Å². The SMILES string of the molecule is O=c1[nH]c(=O)n([C@H]2C=C[C@@H](CO)C2)cc1/C=C/[125I]. The van der Waals surface area contributed by atoms with E-state index < -0.39 is 5.69 Å². The quantitative estimate of drug-likeness (QED) is 0.627. The summed E-state index contributed by atoms with van der Waals surface area (Å²) in [5.74, 6) is 0.0809. The van der Waals surface area contributed by atoms with Crippen LogP contribution < -0.4 is 11.2 Å². The summed E-state index contributed by atoms with van der Waals surface area (Å²) in [6.45, 7) is 0.0750. The summed E-state index contributed by atoms with van der Waals surface area (Å²) in [6, 6.07) is -0.104. The third-order valence-electron chi connectivity index (χ3n) is 2.98. The van der Waals surface area contributed by atoms with E-state index in [1.54, 1.807) is 16.4 Å². The maximum atomic E-state index is 11.8. The van der Waals surface area contributed by atoms with Gasteiger partial charge in [-0.05, 0) is 16.6 Å². The molecule has 2 rings (SSSR count). The van der Waals surface area contributed by atoms with Gasteiger partial charge in [0.1, 0.15) is 0 Å². The summed E-state index contributed by atoms with van der Waals surface area (Å²) in [7, 11) is 0. The summed E-state index contributed by atoms with van der Waals surface area (Å²) < 4.78 is 3.22. The molecule has 1 aromatic rings. The minimum Gasteiger partial charge on any atom is -0.396 e. The topological polar surface area (TPSA) is 75.1 Å². The minimum atomic E-state index is -0.418. The van der Waals surface area contributed by atoms with Gasteiger partial charge in [-0.25, -0.2) is 4.79 Å². The lowest BCUT2D eigenvalue weighted by Gasteiger charge is -2.13. The van der Waals surface area contributed by atoms with Crippen molar-refractivity contribution in [3.8, 4) is 0 Å². The fourth-order valence-electron chi connectivity index (χ4n) is 2.03. The molecule has 2 atom stereocenters. The maximum Gasteiger partial charge on any atom is 0.328 e. The van der Waals surface area contributed by atoms with Crippen molar-refractivity contribution in [2.24, 2.45) is 5.92 Å². The van der Waals surface area contributed by atoms with Crippen LogP contribution in [-0.2, 0) is 0 Å². The number of rotatable bonds is 3. The monoisotopic (exact) mass is 358 g/mol. The molecule has 1 heterocycles. The number of halogens is 1. The zero-order valence-corrected chi connectivity index (χ0v) is 11.7. The van der Waals surface area contributed by atoms with Crippen LogP contribution in [0.15, 0.2) is 32.0 Å². The molecule has 0 spiro atoms. The molecule has 96 valence electrons. The number of aliphatic hydroxyl groups is 1. The van der Waals surface area contributed by atoms with Crippen LogP contribution in [0.1, 0.15) is 18.0 Å². The van der Waals surface area contributed by atoms with Crippen molar-refractivity contribution in [3.05, 3.63) is 48.8 Å². The van der Waals surface area contributed by atoms with E-state index in [-0.39, 0.29) is 24.1 Å². The van der Waals surface area contributed by atoms with Crippen molar-refractivity contribution in [3.63, 3.8) is 0 Å². The average molecular weight is 358 g/mol. The highest BCUT2D eigenvalue weighted by Crippen LogP contribution is 2.26. The number of nitrogens with zero attached hydrogens (tertiary/aromatic N) is 1. The fourth-order valence-corrected chi connectivity index (χ4v) is 2.42. The van der Waals surface area contributed by atoms with E-state index >= 15 is 0 Å². The molecule has 0 saturated carbocycles. The second kappa shape index (κ2) is 5.66. The number of nitrogens with one attached hydrogen (secondary N) is 1. The molecule has 1 aliphatic rings. The zero-order valence-electron chi connectivity index (χ0n) is 9.54. The standard InChI is InChI=1S/C12H13IN2O3/c13-4-3-9-6-15(12(18)14-11(9)17)10-2-1-8(5-10)7-16/h1-4,6,8,10,16H,5,7H2,(H,14,17,18)/b4-3+/t8-,10+/m1/s1/i13-2. The maximum absolute atomic E-state index is 11.8. The first-order valence-corrected chi connectivity index (χ1v) is 6.81. The first kappa shape index (κ1) is 13.3. The lowest BCUT2D eigenvalue weighted by atomic mass is 10.1. The molecule has 0 aromatic carbocycles. The van der Waals surface area contributed by atoms with Crippen LogP contribution in [0, 0.1) is 5.92 Å². The van der Waals surface area contributed by atoms with Gasteiger partial charge in [0.05, 0.1) is 11.6 Å². The number of aromatic nitrogens is 2. The normalized spacial score (nSPS) is 23.0. The van der Waals surface area contributed by atoms with Crippen molar-refractivity contribution < 1.29 is 5.11 Å². The first-order chi connectivity index (χ1) is 8.65. The van der Waals surface area contributed by atoms with E-state index in [0.717, 1.165) is 0 Å². The van der Waals surface area contributed by atoms with Crippen LogP contribution >= 0.6 is 22.6 Å². The summed E-state index contributed by atoms with van der Waals surface area (Å²) >= 11 is 2.02. The van der Waals surface area contributed by atoms with Crippen LogP contribution in [0.4, 0.5) is 0 Å². The third kappa shape index (κ3) is 2.64. The Bertz CT molecular complexity index is 600. The number of hydrogen-bond donors (Lipinski definition) is 2. The zero-order chi connectivity index (χ0) is 13.1. The van der Waals surface area contributed by atoms with E-state index in [4.69, 9.17) is 5.11 Å². The predicted molar refractivity (Wildman–Crippen MR) is 77.7 cm³/mol. The first-order valence-electron chi connectivity index (χ1n) is 5.57. The molecule has 0 amide bonds. The molecule has 0 unspecified atom stereocenters. The van der Waals surface area contributed by atoms with Crippen molar-refractivity contribution in [2.75, 3.05) is 6.61 Å². The van der Waals surface area contributed by atoms with E-state index in [9.17, 15) is 9.59 Å². The summed E-state index contributed by atoms with van der Waals surface area (Å²) in [5.41, 5.74) is -0.353. The molecule has 0 saturated heterocycles. The molecular weight excluding hydrogens is 345 g/mol. The summed E-state index contributed by atoms with van der Waals surface area (Å²) in [5, 5.41) is 9.07. The van der Waals surface area contributed by atoms with Crippen molar-refractivity contribution >= 4 is 28.7 Å². The van der Waals surface area contributed by atoms with Crippen LogP contribution in [0.25, 0.3) is 6.08 Å². The number of allylic oxidation sites excluding steroid dienone is 1. The summed E-state index contributed by atoms with van der Waals surface area (Å²) in [4.78, 5) is 25.6. The highest BCUT2D eigenvalue weighted by molar-refractivity contribution is 14.1. The molecular formula is C12H13IN2O3.